The molecular formula is C15H12O5. The lowest BCUT2D eigenvalue weighted by molar-refractivity contribution is 0.0510. The Balaban J connectivity index is 1.54. The van der Waals surface area contributed by atoms with Gasteiger partial charge in [-0.3, -0.25) is 0 Å². The van der Waals surface area contributed by atoms with Crippen LogP contribution in [0.4, 0.5) is 0 Å². The number of rotatable bonds is 2. The van der Waals surface area contributed by atoms with Crippen molar-refractivity contribution in [1.82, 2.24) is 0 Å². The van der Waals surface area contributed by atoms with Gasteiger partial charge >= 0.3 is 0 Å². The minimum Gasteiger partial charge on any atom is -0.508 e. The van der Waals surface area contributed by atoms with Crippen LogP contribution in [0.25, 0.3) is 0 Å². The highest BCUT2D eigenvalue weighted by atomic mass is 16.5. The summed E-state index contributed by atoms with van der Waals surface area (Å²) >= 11 is 0. The molecule has 0 spiro atoms. The molecule has 3 N–H and O–H groups in total. The number of hydrogen-bond acceptors (Lipinski definition) is 5. The van der Waals surface area contributed by atoms with E-state index in [2.05, 4.69) is 0 Å². The summed E-state index contributed by atoms with van der Waals surface area (Å²) in [7, 11) is 0. The van der Waals surface area contributed by atoms with Gasteiger partial charge in [-0.1, -0.05) is 0 Å². The number of phenols is 3. The molecule has 2 aliphatic heterocycles. The number of benzene rings is 2. The second-order valence-corrected chi connectivity index (χ2v) is 5.05. The van der Waals surface area contributed by atoms with Crippen molar-refractivity contribution in [1.29, 1.82) is 0 Å². The van der Waals surface area contributed by atoms with E-state index in [9.17, 15) is 15.3 Å². The maximum Gasteiger partial charge on any atom is 0.135 e. The van der Waals surface area contributed by atoms with Crippen molar-refractivity contribution >= 4 is 0 Å². The van der Waals surface area contributed by atoms with Crippen LogP contribution >= 0.6 is 0 Å². The third kappa shape index (κ3) is 1.49. The van der Waals surface area contributed by atoms with Gasteiger partial charge in [-0.2, -0.15) is 0 Å². The first-order valence-electron chi connectivity index (χ1n) is 6.34. The molecule has 0 radical (unpaired) electrons. The van der Waals surface area contributed by atoms with Crippen molar-refractivity contribution in [3.05, 3.63) is 41.5 Å². The van der Waals surface area contributed by atoms with Crippen LogP contribution in [-0.2, 0) is 0 Å². The van der Waals surface area contributed by atoms with Gasteiger partial charge in [0.2, 0.25) is 0 Å². The number of aromatic hydroxyl groups is 3. The first kappa shape index (κ1) is 11.3. The molecule has 5 heteroatoms. The van der Waals surface area contributed by atoms with Crippen molar-refractivity contribution in [2.75, 3.05) is 0 Å². The molecule has 2 aliphatic rings. The normalized spacial score (nSPS) is 21.6. The van der Waals surface area contributed by atoms with E-state index < -0.39 is 0 Å². The molecule has 20 heavy (non-hydrogen) atoms. The average Bonchev–Trinajstić information content (AvgIpc) is 2.32. The zero-order chi connectivity index (χ0) is 13.9. The number of phenolic OH excluding ortho intramolecular Hbond substituents is 3. The van der Waals surface area contributed by atoms with Gasteiger partial charge in [0.1, 0.15) is 41.0 Å². The summed E-state index contributed by atoms with van der Waals surface area (Å²) in [6.07, 6.45) is 0.248. The van der Waals surface area contributed by atoms with Gasteiger partial charge in [0, 0.05) is 30.2 Å². The van der Waals surface area contributed by atoms with E-state index in [0.717, 1.165) is 5.56 Å². The SMILES string of the molecule is Oc1ccc2c(c1)OC2CC1Oc2cc(O)cc(O)c21. The highest BCUT2D eigenvalue weighted by Crippen LogP contribution is 2.53. The summed E-state index contributed by atoms with van der Waals surface area (Å²) in [5.41, 5.74) is 1.73. The van der Waals surface area contributed by atoms with Crippen molar-refractivity contribution < 1.29 is 24.8 Å². The molecule has 2 aromatic rings. The van der Waals surface area contributed by atoms with Gasteiger partial charge in [0.05, 0.1) is 5.56 Å². The van der Waals surface area contributed by atoms with E-state index in [1.807, 2.05) is 6.07 Å². The smallest absolute Gasteiger partial charge is 0.135 e. The molecule has 0 fully saturated rings. The zero-order valence-electron chi connectivity index (χ0n) is 10.4. The second kappa shape index (κ2) is 3.72. The molecule has 4 rings (SSSR count). The van der Waals surface area contributed by atoms with E-state index >= 15 is 0 Å². The van der Waals surface area contributed by atoms with Crippen molar-refractivity contribution in [2.24, 2.45) is 0 Å². The maximum atomic E-state index is 9.82. The Labute approximate surface area is 114 Å². The van der Waals surface area contributed by atoms with Crippen molar-refractivity contribution in [3.63, 3.8) is 0 Å². The van der Waals surface area contributed by atoms with Gasteiger partial charge in [-0.25, -0.2) is 0 Å². The van der Waals surface area contributed by atoms with Crippen LogP contribution in [0.1, 0.15) is 29.8 Å². The molecule has 2 aromatic carbocycles. The van der Waals surface area contributed by atoms with Crippen molar-refractivity contribution in [2.45, 2.75) is 18.6 Å². The number of ether oxygens (including phenoxy) is 2. The maximum absolute atomic E-state index is 9.82. The Hall–Kier alpha value is -2.56. The molecular weight excluding hydrogens is 260 g/mol. The molecule has 0 bridgehead atoms. The molecule has 0 saturated carbocycles. The standard InChI is InChI=1S/C15H12O5/c16-7-1-2-9-11(4-7)19-12(9)6-14-15-10(18)3-8(17)5-13(15)20-14/h1-5,12,14,16-18H,6H2. The van der Waals surface area contributed by atoms with E-state index in [0.29, 0.717) is 23.5 Å². The minimum atomic E-state index is -0.238. The molecule has 0 saturated heterocycles. The Bertz CT molecular complexity index is 692. The molecule has 2 atom stereocenters. The molecule has 0 amide bonds. The Morgan fingerprint density at radius 3 is 2.35 bits per heavy atom. The Kier molecular flexibility index (Phi) is 2.10. The number of hydrogen-bond donors (Lipinski definition) is 3. The first-order chi connectivity index (χ1) is 9.61. The van der Waals surface area contributed by atoms with Crippen LogP contribution < -0.4 is 9.47 Å². The monoisotopic (exact) mass is 272 g/mol. The molecule has 2 unspecified atom stereocenters. The molecule has 0 aliphatic carbocycles. The third-order valence-corrected chi connectivity index (χ3v) is 3.74. The second-order valence-electron chi connectivity index (χ2n) is 5.05. The summed E-state index contributed by atoms with van der Waals surface area (Å²) in [6, 6.07) is 7.83. The lowest BCUT2D eigenvalue weighted by Crippen LogP contribution is -2.27. The average molecular weight is 272 g/mol. The highest BCUT2D eigenvalue weighted by molar-refractivity contribution is 5.55. The summed E-state index contributed by atoms with van der Waals surface area (Å²) in [6.45, 7) is 0. The van der Waals surface area contributed by atoms with Gasteiger partial charge < -0.3 is 24.8 Å². The lowest BCUT2D eigenvalue weighted by atomic mass is 9.91. The highest BCUT2D eigenvalue weighted by Gasteiger charge is 2.39. The predicted octanol–water partition coefficient (Wildman–Crippen LogP) is 2.76. The van der Waals surface area contributed by atoms with Crippen LogP contribution in [0.2, 0.25) is 0 Å². The van der Waals surface area contributed by atoms with Gasteiger partial charge in [-0.05, 0) is 12.1 Å². The molecule has 0 aromatic heterocycles. The largest absolute Gasteiger partial charge is 0.508 e. The quantitative estimate of drug-likeness (QED) is 0.783. The van der Waals surface area contributed by atoms with E-state index in [-0.39, 0.29) is 29.5 Å². The van der Waals surface area contributed by atoms with Gasteiger partial charge in [0.25, 0.3) is 0 Å². The fourth-order valence-electron chi connectivity index (χ4n) is 2.76. The van der Waals surface area contributed by atoms with Gasteiger partial charge in [-0.15, -0.1) is 0 Å². The fourth-order valence-corrected chi connectivity index (χ4v) is 2.76. The van der Waals surface area contributed by atoms with Crippen LogP contribution in [0.15, 0.2) is 30.3 Å². The summed E-state index contributed by atoms with van der Waals surface area (Å²) in [5.74, 6) is 1.41. The van der Waals surface area contributed by atoms with Crippen LogP contribution in [0.3, 0.4) is 0 Å². The van der Waals surface area contributed by atoms with E-state index in [4.69, 9.17) is 9.47 Å². The Morgan fingerprint density at radius 1 is 0.850 bits per heavy atom. The lowest BCUT2D eigenvalue weighted by Gasteiger charge is -2.38. The minimum absolute atomic E-state index is 0.0135. The number of fused-ring (bicyclic) bond motifs is 2. The summed E-state index contributed by atoms with van der Waals surface area (Å²) in [4.78, 5) is 0. The third-order valence-electron chi connectivity index (χ3n) is 3.74. The van der Waals surface area contributed by atoms with E-state index in [1.165, 1.54) is 12.1 Å². The molecule has 102 valence electrons. The fraction of sp³-hybridized carbons (Fsp3) is 0.200. The predicted molar refractivity (Wildman–Crippen MR) is 69.2 cm³/mol. The topological polar surface area (TPSA) is 79.2 Å². The zero-order valence-corrected chi connectivity index (χ0v) is 10.4. The van der Waals surface area contributed by atoms with Gasteiger partial charge in [0.15, 0.2) is 0 Å². The Morgan fingerprint density at radius 2 is 1.60 bits per heavy atom. The summed E-state index contributed by atoms with van der Waals surface area (Å²) in [5, 5.41) is 28.5. The van der Waals surface area contributed by atoms with E-state index in [1.54, 1.807) is 12.1 Å². The van der Waals surface area contributed by atoms with Crippen molar-refractivity contribution in [3.8, 4) is 28.7 Å². The van der Waals surface area contributed by atoms with Crippen LogP contribution in [0.5, 0.6) is 28.7 Å². The van der Waals surface area contributed by atoms with Crippen LogP contribution in [0, 0.1) is 0 Å². The van der Waals surface area contributed by atoms with Crippen LogP contribution in [-0.4, -0.2) is 15.3 Å². The molecule has 5 nitrogen and oxygen atoms in total. The first-order valence-corrected chi connectivity index (χ1v) is 6.34. The molecule has 2 heterocycles. The summed E-state index contributed by atoms with van der Waals surface area (Å²) < 4.78 is 11.1.